The second-order valence-corrected chi connectivity index (χ2v) is 12.7. The molecule has 4 nitrogen and oxygen atoms in total. The molecule has 35 heavy (non-hydrogen) atoms. The van der Waals surface area contributed by atoms with Gasteiger partial charge in [-0.05, 0) is 91.9 Å². The van der Waals surface area contributed by atoms with E-state index in [2.05, 4.69) is 46.2 Å². The lowest BCUT2D eigenvalue weighted by Crippen LogP contribution is -2.69. The average Bonchev–Trinajstić information content (AvgIpc) is 3.58. The maximum Gasteiger partial charge on any atom is 0.161 e. The molecule has 5 fully saturated rings. The molecule has 0 amide bonds. The fraction of sp³-hybridized carbons (Fsp3) is 0.613. The smallest absolute Gasteiger partial charge is 0.161 e. The summed E-state index contributed by atoms with van der Waals surface area (Å²) in [6.45, 7) is 4.80. The highest BCUT2D eigenvalue weighted by molar-refractivity contribution is 5.59. The minimum Gasteiger partial charge on any atom is -0.504 e. The van der Waals surface area contributed by atoms with E-state index in [1.165, 1.54) is 74.8 Å². The Morgan fingerprint density at radius 3 is 2.69 bits per heavy atom. The highest BCUT2D eigenvalue weighted by atomic mass is 16.5. The Balaban J connectivity index is 1.26. The van der Waals surface area contributed by atoms with E-state index in [0.29, 0.717) is 34.9 Å². The van der Waals surface area contributed by atoms with Crippen molar-refractivity contribution in [3.8, 4) is 11.5 Å². The number of hydrogen-bond acceptors (Lipinski definition) is 4. The third kappa shape index (κ3) is 2.65. The van der Waals surface area contributed by atoms with Crippen LogP contribution >= 0.6 is 0 Å². The number of hydrogen-bond donors (Lipinski definition) is 1. The van der Waals surface area contributed by atoms with Gasteiger partial charge in [-0.1, -0.05) is 36.4 Å². The second-order valence-electron chi connectivity index (χ2n) is 12.7. The molecule has 0 radical (unpaired) electrons. The molecule has 6 atom stereocenters. The number of phenols is 1. The molecule has 6 aliphatic rings. The van der Waals surface area contributed by atoms with Crippen LogP contribution in [0.2, 0.25) is 0 Å². The number of nitrogens with zero attached hydrogens (tertiary/aromatic N) is 2. The third-order valence-electron chi connectivity index (χ3n) is 11.4. The monoisotopic (exact) mass is 470 g/mol. The molecule has 4 aliphatic carbocycles. The molecule has 1 N–H and O–H groups in total. The van der Waals surface area contributed by atoms with Crippen LogP contribution in [0.4, 0.5) is 0 Å². The Kier molecular flexibility index (Phi) is 4.37. The fourth-order valence-corrected chi connectivity index (χ4v) is 10.3. The summed E-state index contributed by atoms with van der Waals surface area (Å²) in [6, 6.07) is 16.7. The van der Waals surface area contributed by atoms with Gasteiger partial charge in [-0.15, -0.1) is 0 Å². The molecule has 4 heteroatoms. The van der Waals surface area contributed by atoms with Crippen molar-refractivity contribution in [1.29, 1.82) is 0 Å². The number of fused-ring (bicyclic) bond motifs is 1. The summed E-state index contributed by atoms with van der Waals surface area (Å²) in [5.74, 6) is 3.47. The SMILES string of the molecule is COc1ccc2c(c1O)C13CCN(CC4CC4)C(C2)C12CCC1C3C(CN1Cc1ccccc1)C2. The van der Waals surface area contributed by atoms with Crippen LogP contribution in [0.5, 0.6) is 11.5 Å². The average molecular weight is 471 g/mol. The molecule has 2 aromatic rings. The molecule has 8 rings (SSSR count). The first kappa shape index (κ1) is 21.1. The van der Waals surface area contributed by atoms with Crippen LogP contribution in [0.25, 0.3) is 0 Å². The number of phenolic OH excluding ortho intramolecular Hbond substituents is 1. The first-order chi connectivity index (χ1) is 17.1. The van der Waals surface area contributed by atoms with Gasteiger partial charge in [0.1, 0.15) is 0 Å². The van der Waals surface area contributed by atoms with Crippen LogP contribution in [0.1, 0.15) is 55.2 Å². The lowest BCUT2D eigenvalue weighted by Gasteiger charge is -2.66. The second kappa shape index (κ2) is 7.26. The summed E-state index contributed by atoms with van der Waals surface area (Å²) < 4.78 is 5.69. The maximum atomic E-state index is 11.7. The van der Waals surface area contributed by atoms with Crippen molar-refractivity contribution in [3.05, 3.63) is 59.2 Å². The van der Waals surface area contributed by atoms with Gasteiger partial charge in [-0.2, -0.15) is 0 Å². The zero-order valence-corrected chi connectivity index (χ0v) is 21.0. The number of ether oxygens (including phenoxy) is 1. The van der Waals surface area contributed by atoms with Crippen LogP contribution in [0.15, 0.2) is 42.5 Å². The van der Waals surface area contributed by atoms with E-state index in [4.69, 9.17) is 4.74 Å². The van der Waals surface area contributed by atoms with E-state index >= 15 is 0 Å². The van der Waals surface area contributed by atoms with Gasteiger partial charge in [0, 0.05) is 42.7 Å². The summed E-state index contributed by atoms with van der Waals surface area (Å²) >= 11 is 0. The lowest BCUT2D eigenvalue weighted by molar-refractivity contribution is -0.106. The molecule has 2 heterocycles. The Hall–Kier alpha value is -2.04. The molecule has 3 saturated carbocycles. The number of likely N-dealkylation sites (tertiary alicyclic amines) is 2. The molecule has 6 unspecified atom stereocenters. The van der Waals surface area contributed by atoms with Gasteiger partial charge in [0.2, 0.25) is 0 Å². The van der Waals surface area contributed by atoms with Crippen molar-refractivity contribution < 1.29 is 9.84 Å². The Morgan fingerprint density at radius 1 is 1.03 bits per heavy atom. The minimum atomic E-state index is 0.100. The molecule has 2 aliphatic heterocycles. The quantitative estimate of drug-likeness (QED) is 0.669. The molecule has 0 aromatic heterocycles. The highest BCUT2D eigenvalue weighted by Gasteiger charge is 2.76. The highest BCUT2D eigenvalue weighted by Crippen LogP contribution is 2.76. The number of methoxy groups -OCH3 is 1. The van der Waals surface area contributed by atoms with Gasteiger partial charge in [-0.3, -0.25) is 9.80 Å². The van der Waals surface area contributed by atoms with Gasteiger partial charge < -0.3 is 9.84 Å². The van der Waals surface area contributed by atoms with Gasteiger partial charge in [0.05, 0.1) is 7.11 Å². The van der Waals surface area contributed by atoms with Gasteiger partial charge in [-0.25, -0.2) is 0 Å². The van der Waals surface area contributed by atoms with E-state index in [9.17, 15) is 5.11 Å². The summed E-state index contributed by atoms with van der Waals surface area (Å²) in [5.41, 5.74) is 4.57. The Morgan fingerprint density at radius 2 is 1.89 bits per heavy atom. The van der Waals surface area contributed by atoms with Crippen molar-refractivity contribution >= 4 is 0 Å². The number of benzene rings is 2. The van der Waals surface area contributed by atoms with Crippen LogP contribution in [-0.2, 0) is 18.4 Å². The summed E-state index contributed by atoms with van der Waals surface area (Å²) in [7, 11) is 1.71. The molecule has 2 saturated heterocycles. The van der Waals surface area contributed by atoms with E-state index in [1.54, 1.807) is 7.11 Å². The summed E-state index contributed by atoms with van der Waals surface area (Å²) in [4.78, 5) is 5.74. The molecule has 0 spiro atoms. The Labute approximate surface area is 209 Å². The van der Waals surface area contributed by atoms with E-state index in [1.807, 2.05) is 6.07 Å². The van der Waals surface area contributed by atoms with Crippen LogP contribution in [0, 0.1) is 23.2 Å². The zero-order valence-electron chi connectivity index (χ0n) is 21.0. The van der Waals surface area contributed by atoms with E-state index < -0.39 is 0 Å². The van der Waals surface area contributed by atoms with Gasteiger partial charge >= 0.3 is 0 Å². The van der Waals surface area contributed by atoms with Crippen molar-refractivity contribution in [2.45, 2.75) is 69.0 Å². The van der Waals surface area contributed by atoms with E-state index in [-0.39, 0.29) is 5.41 Å². The molecular weight excluding hydrogens is 432 g/mol. The largest absolute Gasteiger partial charge is 0.504 e. The first-order valence-electron chi connectivity index (χ1n) is 14.1. The minimum absolute atomic E-state index is 0.100. The number of aromatic hydroxyl groups is 1. The lowest BCUT2D eigenvalue weighted by atomic mass is 9.43. The van der Waals surface area contributed by atoms with Crippen LogP contribution in [-0.4, -0.2) is 53.7 Å². The molecule has 2 aromatic carbocycles. The van der Waals surface area contributed by atoms with E-state index in [0.717, 1.165) is 24.8 Å². The third-order valence-corrected chi connectivity index (χ3v) is 11.4. The van der Waals surface area contributed by atoms with Gasteiger partial charge in [0.25, 0.3) is 0 Å². The normalized spacial score (nSPS) is 39.3. The van der Waals surface area contributed by atoms with Crippen LogP contribution < -0.4 is 4.74 Å². The summed E-state index contributed by atoms with van der Waals surface area (Å²) in [6.07, 6.45) is 9.16. The van der Waals surface area contributed by atoms with Crippen LogP contribution in [0.3, 0.4) is 0 Å². The predicted molar refractivity (Wildman–Crippen MR) is 137 cm³/mol. The summed E-state index contributed by atoms with van der Waals surface area (Å²) in [5, 5.41) is 11.7. The van der Waals surface area contributed by atoms with Crippen molar-refractivity contribution in [2.24, 2.45) is 23.2 Å². The molecule has 4 bridgehead atoms. The standard InChI is InChI=1S/C31H38N2O2/c1-35-25-10-9-22-15-26-30-12-11-24-27(23(16-30)19-33(24)18-20-5-3-2-4-6-20)31(30,28(22)29(25)34)13-14-32(26)17-21-7-8-21/h2-6,9-10,21,23-24,26-27,34H,7-8,11-19H2,1H3. The van der Waals surface area contributed by atoms with Gasteiger partial charge in [0.15, 0.2) is 11.5 Å². The number of rotatable bonds is 5. The fourth-order valence-electron chi connectivity index (χ4n) is 10.3. The Bertz CT molecular complexity index is 1160. The molecule has 184 valence electrons. The zero-order chi connectivity index (χ0) is 23.4. The van der Waals surface area contributed by atoms with Crippen molar-refractivity contribution in [1.82, 2.24) is 9.80 Å². The van der Waals surface area contributed by atoms with Crippen molar-refractivity contribution in [2.75, 3.05) is 26.7 Å². The maximum absolute atomic E-state index is 11.7. The first-order valence-corrected chi connectivity index (χ1v) is 14.1. The molecular formula is C31H38N2O2. The topological polar surface area (TPSA) is 35.9 Å². The number of piperidine rings is 1. The van der Waals surface area contributed by atoms with Crippen molar-refractivity contribution in [3.63, 3.8) is 0 Å². The predicted octanol–water partition coefficient (Wildman–Crippen LogP) is 4.98.